The van der Waals surface area contributed by atoms with Crippen molar-refractivity contribution in [3.63, 3.8) is 0 Å². The molecule has 0 aromatic heterocycles. The van der Waals surface area contributed by atoms with Gasteiger partial charge in [0.25, 0.3) is 5.91 Å². The molecule has 0 radical (unpaired) electrons. The van der Waals surface area contributed by atoms with Gasteiger partial charge >= 0.3 is 0 Å². The van der Waals surface area contributed by atoms with Crippen LogP contribution in [0.15, 0.2) is 46.9 Å². The topological polar surface area (TPSA) is 55.1 Å². The molecule has 2 aromatic rings. The fourth-order valence-corrected chi connectivity index (χ4v) is 2.76. The van der Waals surface area contributed by atoms with E-state index in [0.717, 1.165) is 13.6 Å². The minimum atomic E-state index is -0.0833. The molecule has 0 saturated heterocycles. The van der Waals surface area contributed by atoms with Crippen molar-refractivity contribution < 1.29 is 4.79 Å². The third-order valence-electron chi connectivity index (χ3n) is 2.96. The molecule has 1 amide bonds. The molecule has 0 spiro atoms. The number of benzene rings is 2. The molecular weight excluding hydrogens is 431 g/mol. The van der Waals surface area contributed by atoms with Gasteiger partial charge in [-0.25, -0.2) is 0 Å². The highest BCUT2D eigenvalue weighted by Gasteiger charge is 2.14. The van der Waals surface area contributed by atoms with E-state index in [0.29, 0.717) is 11.3 Å². The summed E-state index contributed by atoms with van der Waals surface area (Å²) in [4.78, 5) is 12.3. The van der Waals surface area contributed by atoms with Crippen LogP contribution in [-0.2, 0) is 0 Å². The Bertz CT molecular complexity index is 628. The summed E-state index contributed by atoms with van der Waals surface area (Å²) in [6.07, 6.45) is 0. The molecule has 20 heavy (non-hydrogen) atoms. The third kappa shape index (κ3) is 3.73. The van der Waals surface area contributed by atoms with Crippen molar-refractivity contribution in [1.82, 2.24) is 5.32 Å². The first-order valence-corrected chi connectivity index (χ1v) is 7.96. The molecular formula is C15H14BrIN2O. The molecule has 5 heteroatoms. The van der Waals surface area contributed by atoms with Crippen molar-refractivity contribution in [2.75, 3.05) is 5.73 Å². The first-order chi connectivity index (χ1) is 9.47. The molecule has 0 saturated carbocycles. The Morgan fingerprint density at radius 3 is 2.55 bits per heavy atom. The predicted octanol–water partition coefficient (Wildman–Crippen LogP) is 4.13. The van der Waals surface area contributed by atoms with Gasteiger partial charge in [0.1, 0.15) is 0 Å². The maximum absolute atomic E-state index is 12.3. The van der Waals surface area contributed by atoms with Crippen LogP contribution in [0.3, 0.4) is 0 Å². The van der Waals surface area contributed by atoms with Gasteiger partial charge in [-0.1, -0.05) is 28.1 Å². The minimum Gasteiger partial charge on any atom is -0.399 e. The van der Waals surface area contributed by atoms with Gasteiger partial charge in [0.05, 0.1) is 11.6 Å². The Kier molecular flexibility index (Phi) is 5.04. The minimum absolute atomic E-state index is 0.0714. The van der Waals surface area contributed by atoms with Gasteiger partial charge in [-0.05, 0) is 65.4 Å². The number of amides is 1. The second-order valence-electron chi connectivity index (χ2n) is 4.49. The molecule has 2 aromatic carbocycles. The fraction of sp³-hybridized carbons (Fsp3) is 0.133. The van der Waals surface area contributed by atoms with Crippen LogP contribution >= 0.6 is 38.5 Å². The second kappa shape index (κ2) is 6.58. The smallest absolute Gasteiger partial charge is 0.252 e. The van der Waals surface area contributed by atoms with Crippen LogP contribution in [0.2, 0.25) is 0 Å². The summed E-state index contributed by atoms with van der Waals surface area (Å²) >= 11 is 5.55. The fourth-order valence-electron chi connectivity index (χ4n) is 1.81. The van der Waals surface area contributed by atoms with Crippen LogP contribution in [0, 0.1) is 3.57 Å². The quantitative estimate of drug-likeness (QED) is 0.552. The molecule has 0 bridgehead atoms. The zero-order chi connectivity index (χ0) is 14.7. The molecule has 0 heterocycles. The lowest BCUT2D eigenvalue weighted by Crippen LogP contribution is -2.27. The standard InChI is InChI=1S/C15H14BrIN2O/c1-9(10-2-5-12(18)6-3-10)19-15(20)13-8-11(16)4-7-14(13)17/h2-9H,18H2,1H3,(H,19,20). The largest absolute Gasteiger partial charge is 0.399 e. The molecule has 0 aliphatic carbocycles. The first kappa shape index (κ1) is 15.3. The van der Waals surface area contributed by atoms with Gasteiger partial charge in [0, 0.05) is 13.7 Å². The van der Waals surface area contributed by atoms with E-state index in [9.17, 15) is 4.79 Å². The molecule has 1 unspecified atom stereocenters. The van der Waals surface area contributed by atoms with E-state index < -0.39 is 0 Å². The van der Waals surface area contributed by atoms with Gasteiger partial charge in [-0.15, -0.1) is 0 Å². The highest BCUT2D eigenvalue weighted by Crippen LogP contribution is 2.20. The Balaban J connectivity index is 2.15. The van der Waals surface area contributed by atoms with E-state index in [2.05, 4.69) is 43.8 Å². The number of hydrogen-bond acceptors (Lipinski definition) is 2. The number of nitrogen functional groups attached to an aromatic ring is 1. The van der Waals surface area contributed by atoms with Crippen molar-refractivity contribution in [2.24, 2.45) is 0 Å². The summed E-state index contributed by atoms with van der Waals surface area (Å²) in [5, 5.41) is 2.99. The van der Waals surface area contributed by atoms with Crippen LogP contribution in [0.25, 0.3) is 0 Å². The monoisotopic (exact) mass is 444 g/mol. The van der Waals surface area contributed by atoms with E-state index in [-0.39, 0.29) is 11.9 Å². The molecule has 0 aliphatic rings. The summed E-state index contributed by atoms with van der Waals surface area (Å²) in [6.45, 7) is 1.95. The van der Waals surface area contributed by atoms with E-state index in [1.54, 1.807) is 0 Å². The van der Waals surface area contributed by atoms with Crippen LogP contribution in [-0.4, -0.2) is 5.91 Å². The number of carbonyl (C=O) groups is 1. The Hall–Kier alpha value is -1.08. The SMILES string of the molecule is CC(NC(=O)c1cc(Br)ccc1I)c1ccc(N)cc1. The number of nitrogens with two attached hydrogens (primary N) is 1. The maximum Gasteiger partial charge on any atom is 0.252 e. The molecule has 2 rings (SSSR count). The molecule has 3 N–H and O–H groups in total. The number of rotatable bonds is 3. The van der Waals surface area contributed by atoms with Gasteiger partial charge < -0.3 is 11.1 Å². The van der Waals surface area contributed by atoms with Crippen molar-refractivity contribution in [3.05, 3.63) is 61.6 Å². The number of hydrogen-bond donors (Lipinski definition) is 2. The van der Waals surface area contributed by atoms with E-state index in [1.165, 1.54) is 0 Å². The summed E-state index contributed by atoms with van der Waals surface area (Å²) in [7, 11) is 0. The zero-order valence-electron chi connectivity index (χ0n) is 10.9. The average molecular weight is 445 g/mol. The normalized spacial score (nSPS) is 11.9. The highest BCUT2D eigenvalue weighted by molar-refractivity contribution is 14.1. The summed E-state index contributed by atoms with van der Waals surface area (Å²) in [5.41, 5.74) is 8.07. The maximum atomic E-state index is 12.3. The number of anilines is 1. The van der Waals surface area contributed by atoms with Crippen LogP contribution in [0.5, 0.6) is 0 Å². The highest BCUT2D eigenvalue weighted by atomic mass is 127. The average Bonchev–Trinajstić information content (AvgIpc) is 2.42. The molecule has 3 nitrogen and oxygen atoms in total. The number of halogens is 2. The van der Waals surface area contributed by atoms with Crippen molar-refractivity contribution >= 4 is 50.1 Å². The lowest BCUT2D eigenvalue weighted by atomic mass is 10.1. The van der Waals surface area contributed by atoms with Gasteiger partial charge in [-0.2, -0.15) is 0 Å². The number of nitrogens with one attached hydrogen (secondary N) is 1. The summed E-state index contributed by atoms with van der Waals surface area (Å²) in [5.74, 6) is -0.0833. The van der Waals surface area contributed by atoms with Crippen molar-refractivity contribution in [2.45, 2.75) is 13.0 Å². The van der Waals surface area contributed by atoms with E-state index in [4.69, 9.17) is 5.73 Å². The lowest BCUT2D eigenvalue weighted by molar-refractivity contribution is 0.0939. The zero-order valence-corrected chi connectivity index (χ0v) is 14.6. The van der Waals surface area contributed by atoms with E-state index in [1.807, 2.05) is 49.4 Å². The molecule has 1 atom stereocenters. The number of carbonyl (C=O) groups excluding carboxylic acids is 1. The molecule has 0 aliphatic heterocycles. The lowest BCUT2D eigenvalue weighted by Gasteiger charge is -2.15. The van der Waals surface area contributed by atoms with Crippen LogP contribution < -0.4 is 11.1 Å². The second-order valence-corrected chi connectivity index (χ2v) is 6.56. The van der Waals surface area contributed by atoms with Gasteiger partial charge in [0.2, 0.25) is 0 Å². The van der Waals surface area contributed by atoms with Crippen LogP contribution in [0.1, 0.15) is 28.9 Å². The van der Waals surface area contributed by atoms with Gasteiger partial charge in [0.15, 0.2) is 0 Å². The Morgan fingerprint density at radius 2 is 1.90 bits per heavy atom. The Labute approximate surface area is 140 Å². The predicted molar refractivity (Wildman–Crippen MR) is 93.6 cm³/mol. The molecule has 0 fully saturated rings. The van der Waals surface area contributed by atoms with Crippen molar-refractivity contribution in [3.8, 4) is 0 Å². The van der Waals surface area contributed by atoms with Crippen molar-refractivity contribution in [1.29, 1.82) is 0 Å². The summed E-state index contributed by atoms with van der Waals surface area (Å²) < 4.78 is 1.82. The van der Waals surface area contributed by atoms with Gasteiger partial charge in [-0.3, -0.25) is 4.79 Å². The van der Waals surface area contributed by atoms with Crippen LogP contribution in [0.4, 0.5) is 5.69 Å². The molecule has 104 valence electrons. The van der Waals surface area contributed by atoms with E-state index >= 15 is 0 Å². The first-order valence-electron chi connectivity index (χ1n) is 6.08. The third-order valence-corrected chi connectivity index (χ3v) is 4.39. The Morgan fingerprint density at radius 1 is 1.25 bits per heavy atom. The summed E-state index contributed by atoms with van der Waals surface area (Å²) in [6, 6.07) is 13.1.